The number of para-hydroxylation sites is 2. The van der Waals surface area contributed by atoms with Crippen LogP contribution in [0.1, 0.15) is 23.7 Å². The number of hydrogen-bond acceptors (Lipinski definition) is 4. The second-order valence-corrected chi connectivity index (χ2v) is 6.70. The van der Waals surface area contributed by atoms with Crippen molar-refractivity contribution in [2.75, 3.05) is 34.8 Å². The molecule has 3 heterocycles. The van der Waals surface area contributed by atoms with E-state index in [-0.39, 0.29) is 18.4 Å². The van der Waals surface area contributed by atoms with Gasteiger partial charge in [-0.15, -0.1) is 0 Å². The summed E-state index contributed by atoms with van der Waals surface area (Å²) >= 11 is 0. The van der Waals surface area contributed by atoms with Gasteiger partial charge in [0.1, 0.15) is 12.4 Å². The number of fused-ring (bicyclic) bond motifs is 1. The van der Waals surface area contributed by atoms with E-state index in [1.54, 1.807) is 18.3 Å². The number of amides is 2. The van der Waals surface area contributed by atoms with Gasteiger partial charge in [0.15, 0.2) is 0 Å². The first-order valence-electron chi connectivity index (χ1n) is 8.53. The second kappa shape index (κ2) is 6.20. The lowest BCUT2D eigenvalue weighted by Gasteiger charge is -2.29. The van der Waals surface area contributed by atoms with Crippen molar-refractivity contribution in [3.8, 4) is 0 Å². The first-order chi connectivity index (χ1) is 12.1. The highest BCUT2D eigenvalue weighted by atomic mass is 16.2. The van der Waals surface area contributed by atoms with Crippen LogP contribution in [0.25, 0.3) is 0 Å². The SMILES string of the molecule is C[C@H]1CCN(c2cc(C(=O)N3CC(=O)Nc4ccccc43)ccn2)C1. The first kappa shape index (κ1) is 15.6. The molecule has 1 saturated heterocycles. The Morgan fingerprint density at radius 2 is 2.12 bits per heavy atom. The van der Waals surface area contributed by atoms with Gasteiger partial charge in [-0.1, -0.05) is 19.1 Å². The van der Waals surface area contributed by atoms with Crippen LogP contribution < -0.4 is 15.1 Å². The van der Waals surface area contributed by atoms with Gasteiger partial charge in [0.25, 0.3) is 5.91 Å². The summed E-state index contributed by atoms with van der Waals surface area (Å²) in [5, 5.41) is 2.80. The van der Waals surface area contributed by atoms with Crippen LogP contribution in [0.5, 0.6) is 0 Å². The van der Waals surface area contributed by atoms with Crippen LogP contribution in [-0.2, 0) is 4.79 Å². The Morgan fingerprint density at radius 1 is 1.28 bits per heavy atom. The zero-order valence-electron chi connectivity index (χ0n) is 14.1. The summed E-state index contributed by atoms with van der Waals surface area (Å²) in [6, 6.07) is 10.9. The molecule has 0 bridgehead atoms. The van der Waals surface area contributed by atoms with Gasteiger partial charge < -0.3 is 10.2 Å². The van der Waals surface area contributed by atoms with E-state index in [9.17, 15) is 9.59 Å². The van der Waals surface area contributed by atoms with Crippen LogP contribution in [0.15, 0.2) is 42.6 Å². The summed E-state index contributed by atoms with van der Waals surface area (Å²) < 4.78 is 0. The van der Waals surface area contributed by atoms with Crippen LogP contribution >= 0.6 is 0 Å². The van der Waals surface area contributed by atoms with Crippen LogP contribution in [0.3, 0.4) is 0 Å². The summed E-state index contributed by atoms with van der Waals surface area (Å²) in [5.41, 5.74) is 1.93. The molecule has 1 fully saturated rings. The summed E-state index contributed by atoms with van der Waals surface area (Å²) in [5.74, 6) is 1.09. The van der Waals surface area contributed by atoms with Gasteiger partial charge in [-0.05, 0) is 36.6 Å². The molecule has 2 aliphatic heterocycles. The molecule has 2 aliphatic rings. The van der Waals surface area contributed by atoms with E-state index in [0.717, 1.165) is 31.0 Å². The predicted molar refractivity (Wildman–Crippen MR) is 97.0 cm³/mol. The summed E-state index contributed by atoms with van der Waals surface area (Å²) in [6.07, 6.45) is 2.81. The second-order valence-electron chi connectivity index (χ2n) is 6.70. The molecule has 2 amide bonds. The normalized spacial score (nSPS) is 19.6. The minimum atomic E-state index is -0.185. The Kier molecular flexibility index (Phi) is 3.87. The monoisotopic (exact) mass is 336 g/mol. The summed E-state index contributed by atoms with van der Waals surface area (Å²) in [7, 11) is 0. The number of pyridine rings is 1. The van der Waals surface area contributed by atoms with Crippen molar-refractivity contribution < 1.29 is 9.59 Å². The van der Waals surface area contributed by atoms with E-state index in [1.165, 1.54) is 4.90 Å². The van der Waals surface area contributed by atoms with Gasteiger partial charge in [-0.25, -0.2) is 4.98 Å². The van der Waals surface area contributed by atoms with Gasteiger partial charge in [0.05, 0.1) is 11.4 Å². The fourth-order valence-corrected chi connectivity index (χ4v) is 3.44. The largest absolute Gasteiger partial charge is 0.356 e. The van der Waals surface area contributed by atoms with E-state index >= 15 is 0 Å². The molecule has 0 unspecified atom stereocenters. The van der Waals surface area contributed by atoms with Crippen LogP contribution in [0.4, 0.5) is 17.2 Å². The quantitative estimate of drug-likeness (QED) is 0.915. The van der Waals surface area contributed by atoms with E-state index in [0.29, 0.717) is 17.2 Å². The Morgan fingerprint density at radius 3 is 2.92 bits per heavy atom. The fraction of sp³-hybridized carbons (Fsp3) is 0.316. The highest BCUT2D eigenvalue weighted by Gasteiger charge is 2.28. The van der Waals surface area contributed by atoms with Gasteiger partial charge in [0, 0.05) is 24.8 Å². The fourth-order valence-electron chi connectivity index (χ4n) is 3.44. The minimum absolute atomic E-state index is 0.0221. The maximum Gasteiger partial charge on any atom is 0.259 e. The maximum absolute atomic E-state index is 13.0. The minimum Gasteiger partial charge on any atom is -0.356 e. The van der Waals surface area contributed by atoms with Crippen molar-refractivity contribution in [2.24, 2.45) is 5.92 Å². The standard InChI is InChI=1S/C19H20N4O2/c1-13-7-9-22(11-13)17-10-14(6-8-20-17)19(25)23-12-18(24)21-15-4-2-3-5-16(15)23/h2-6,8,10,13H,7,9,11-12H2,1H3,(H,21,24)/t13-/m0/s1. The molecule has 25 heavy (non-hydrogen) atoms. The lowest BCUT2D eigenvalue weighted by Crippen LogP contribution is -2.42. The number of nitrogens with zero attached hydrogens (tertiary/aromatic N) is 3. The van der Waals surface area contributed by atoms with Crippen molar-refractivity contribution in [3.05, 3.63) is 48.2 Å². The van der Waals surface area contributed by atoms with E-state index in [4.69, 9.17) is 0 Å². The molecule has 1 aromatic carbocycles. The Balaban J connectivity index is 1.64. The third-order valence-electron chi connectivity index (χ3n) is 4.76. The molecular weight excluding hydrogens is 316 g/mol. The number of carbonyl (C=O) groups excluding carboxylic acids is 2. The molecule has 6 nitrogen and oxygen atoms in total. The molecular formula is C19H20N4O2. The van der Waals surface area contributed by atoms with E-state index in [2.05, 4.69) is 22.1 Å². The number of benzene rings is 1. The van der Waals surface area contributed by atoms with Gasteiger partial charge >= 0.3 is 0 Å². The highest BCUT2D eigenvalue weighted by molar-refractivity contribution is 6.15. The van der Waals surface area contributed by atoms with E-state index < -0.39 is 0 Å². The summed E-state index contributed by atoms with van der Waals surface area (Å²) in [6.45, 7) is 4.16. The summed E-state index contributed by atoms with van der Waals surface area (Å²) in [4.78, 5) is 33.2. The van der Waals surface area contributed by atoms with Crippen molar-refractivity contribution >= 4 is 29.0 Å². The Hall–Kier alpha value is -2.89. The molecule has 4 rings (SSSR count). The van der Waals surface area contributed by atoms with Crippen LogP contribution in [-0.4, -0.2) is 36.4 Å². The van der Waals surface area contributed by atoms with Crippen molar-refractivity contribution in [2.45, 2.75) is 13.3 Å². The maximum atomic E-state index is 13.0. The third-order valence-corrected chi connectivity index (χ3v) is 4.76. The highest BCUT2D eigenvalue weighted by Crippen LogP contribution is 2.30. The number of aromatic nitrogens is 1. The van der Waals surface area contributed by atoms with Gasteiger partial charge in [-0.3, -0.25) is 14.5 Å². The molecule has 0 aliphatic carbocycles. The number of anilines is 3. The number of nitrogens with one attached hydrogen (secondary N) is 1. The molecule has 1 N–H and O–H groups in total. The lowest BCUT2D eigenvalue weighted by atomic mass is 10.1. The van der Waals surface area contributed by atoms with Gasteiger partial charge in [0.2, 0.25) is 5.91 Å². The van der Waals surface area contributed by atoms with Crippen LogP contribution in [0, 0.1) is 5.92 Å². The van der Waals surface area contributed by atoms with Crippen molar-refractivity contribution in [1.82, 2.24) is 4.98 Å². The average Bonchev–Trinajstić information content (AvgIpc) is 3.07. The molecule has 1 aromatic heterocycles. The first-order valence-corrected chi connectivity index (χ1v) is 8.53. The predicted octanol–water partition coefficient (Wildman–Crippen LogP) is 2.53. The molecule has 1 atom stereocenters. The smallest absolute Gasteiger partial charge is 0.259 e. The Bertz CT molecular complexity index is 836. The van der Waals surface area contributed by atoms with Crippen molar-refractivity contribution in [1.29, 1.82) is 0 Å². The third kappa shape index (κ3) is 2.95. The zero-order chi connectivity index (χ0) is 17.4. The number of carbonyl (C=O) groups is 2. The lowest BCUT2D eigenvalue weighted by molar-refractivity contribution is -0.115. The zero-order valence-corrected chi connectivity index (χ0v) is 14.1. The van der Waals surface area contributed by atoms with Crippen molar-refractivity contribution in [3.63, 3.8) is 0 Å². The molecule has 128 valence electrons. The molecule has 0 spiro atoms. The number of hydrogen-bond donors (Lipinski definition) is 1. The average molecular weight is 336 g/mol. The molecule has 6 heteroatoms. The van der Waals surface area contributed by atoms with Gasteiger partial charge in [-0.2, -0.15) is 0 Å². The molecule has 0 radical (unpaired) electrons. The Labute approximate surface area is 146 Å². The molecule has 0 saturated carbocycles. The topological polar surface area (TPSA) is 65.5 Å². The van der Waals surface area contributed by atoms with Crippen LogP contribution in [0.2, 0.25) is 0 Å². The number of rotatable bonds is 2. The molecule has 2 aromatic rings. The van der Waals surface area contributed by atoms with E-state index in [1.807, 2.05) is 24.3 Å².